The number of benzene rings is 4. The minimum atomic E-state index is -0.732. The molecule has 2 aromatic heterocycles. The van der Waals surface area contributed by atoms with E-state index in [4.69, 9.17) is 9.73 Å². The summed E-state index contributed by atoms with van der Waals surface area (Å²) in [4.78, 5) is 39.8. The number of H-pyrrole nitrogens is 1. The Labute approximate surface area is 270 Å². The molecule has 0 radical (unpaired) electrons. The zero-order valence-electron chi connectivity index (χ0n) is 26.2. The lowest BCUT2D eigenvalue weighted by Crippen LogP contribution is -2.43. The number of methoxy groups -OCH3 is 1. The lowest BCUT2D eigenvalue weighted by molar-refractivity contribution is -0.127. The van der Waals surface area contributed by atoms with Crippen molar-refractivity contribution in [3.05, 3.63) is 133 Å². The van der Waals surface area contributed by atoms with E-state index in [0.29, 0.717) is 39.4 Å². The summed E-state index contributed by atoms with van der Waals surface area (Å²) in [6, 6.07) is 29.4. The summed E-state index contributed by atoms with van der Waals surface area (Å²) in [5.41, 5.74) is 5.53. The molecule has 7 nitrogen and oxygen atoms in total. The number of nitrogens with one attached hydrogen (secondary N) is 1. The van der Waals surface area contributed by atoms with Crippen molar-refractivity contribution >= 4 is 45.0 Å². The molecule has 1 atom stereocenters. The van der Waals surface area contributed by atoms with Gasteiger partial charge in [0.1, 0.15) is 11.8 Å². The van der Waals surface area contributed by atoms with Gasteiger partial charge in [-0.2, -0.15) is 0 Å². The molecule has 0 saturated carbocycles. The Bertz CT molecular complexity index is 2340. The van der Waals surface area contributed by atoms with Crippen molar-refractivity contribution in [2.45, 2.75) is 26.8 Å². The van der Waals surface area contributed by atoms with E-state index in [1.807, 2.05) is 99.6 Å². The Kier molecular flexibility index (Phi) is 7.66. The van der Waals surface area contributed by atoms with Crippen LogP contribution in [0.4, 0.5) is 0 Å². The van der Waals surface area contributed by atoms with Crippen molar-refractivity contribution in [3.63, 3.8) is 0 Å². The SMILES string of the molecule is CCN(CC)C(=O)C1=C(C)N=c2s/c(=C/c3c(-c4ccccc4)[nH]c4ccccc34)c(=O)n2[C@@H]1c1c(OC)ccc2ccccc12. The van der Waals surface area contributed by atoms with Crippen LogP contribution in [0.2, 0.25) is 0 Å². The first kappa shape index (κ1) is 29.5. The summed E-state index contributed by atoms with van der Waals surface area (Å²) >= 11 is 1.34. The fraction of sp³-hybridized carbons (Fsp3) is 0.184. The van der Waals surface area contributed by atoms with Crippen LogP contribution in [0.5, 0.6) is 5.75 Å². The van der Waals surface area contributed by atoms with Gasteiger partial charge in [-0.1, -0.05) is 90.2 Å². The van der Waals surface area contributed by atoms with Gasteiger partial charge in [0.25, 0.3) is 11.5 Å². The van der Waals surface area contributed by atoms with Gasteiger partial charge in [0.05, 0.1) is 28.6 Å². The number of rotatable bonds is 7. The third kappa shape index (κ3) is 4.77. The van der Waals surface area contributed by atoms with E-state index in [-0.39, 0.29) is 11.5 Å². The highest BCUT2D eigenvalue weighted by molar-refractivity contribution is 7.07. The van der Waals surface area contributed by atoms with E-state index in [1.54, 1.807) is 16.6 Å². The van der Waals surface area contributed by atoms with E-state index in [1.165, 1.54) is 11.3 Å². The van der Waals surface area contributed by atoms with Gasteiger partial charge in [-0.25, -0.2) is 4.99 Å². The maximum Gasteiger partial charge on any atom is 0.271 e. The van der Waals surface area contributed by atoms with E-state index < -0.39 is 6.04 Å². The summed E-state index contributed by atoms with van der Waals surface area (Å²) in [7, 11) is 1.63. The van der Waals surface area contributed by atoms with Crippen LogP contribution in [0.3, 0.4) is 0 Å². The smallest absolute Gasteiger partial charge is 0.271 e. The van der Waals surface area contributed by atoms with Gasteiger partial charge < -0.3 is 14.6 Å². The minimum absolute atomic E-state index is 0.136. The third-order valence-corrected chi connectivity index (χ3v) is 9.79. The molecule has 0 bridgehead atoms. The van der Waals surface area contributed by atoms with Crippen LogP contribution in [-0.2, 0) is 4.79 Å². The van der Waals surface area contributed by atoms with Crippen molar-refractivity contribution in [2.24, 2.45) is 4.99 Å². The third-order valence-electron chi connectivity index (χ3n) is 8.81. The molecule has 1 aliphatic rings. The molecule has 4 aromatic carbocycles. The highest BCUT2D eigenvalue weighted by atomic mass is 32.1. The molecule has 0 fully saturated rings. The maximum atomic E-state index is 14.7. The maximum absolute atomic E-state index is 14.7. The number of fused-ring (bicyclic) bond motifs is 3. The fourth-order valence-corrected chi connectivity index (χ4v) is 7.59. The van der Waals surface area contributed by atoms with Crippen LogP contribution >= 0.6 is 11.3 Å². The zero-order chi connectivity index (χ0) is 31.9. The highest BCUT2D eigenvalue weighted by Gasteiger charge is 2.36. The van der Waals surface area contributed by atoms with Crippen molar-refractivity contribution in [1.82, 2.24) is 14.5 Å². The topological polar surface area (TPSA) is 79.7 Å². The quantitative estimate of drug-likeness (QED) is 0.222. The molecule has 0 spiro atoms. The second kappa shape index (κ2) is 11.9. The number of carbonyl (C=O) groups excluding carboxylic acids is 1. The molecule has 3 heterocycles. The molecule has 0 aliphatic carbocycles. The van der Waals surface area contributed by atoms with E-state index >= 15 is 0 Å². The standard InChI is InChI=1S/C38H34N4O3S/c1-5-41(6-2)37(44)32-23(3)39-38-42(35(32)33-26-17-11-10-14-24(26)20-21-30(33)45-4)36(43)31(46-38)22-28-27-18-12-13-19-29(27)40-34(28)25-15-8-7-9-16-25/h7-22,35,40H,5-6H2,1-4H3/b31-22+/t35-/m0/s1. The van der Waals surface area contributed by atoms with Crippen molar-refractivity contribution < 1.29 is 9.53 Å². The largest absolute Gasteiger partial charge is 0.496 e. The predicted molar refractivity (Wildman–Crippen MR) is 186 cm³/mol. The number of para-hydroxylation sites is 1. The molecule has 8 heteroatoms. The molecular formula is C38H34N4O3S. The van der Waals surface area contributed by atoms with Gasteiger partial charge in [0, 0.05) is 35.1 Å². The first-order valence-electron chi connectivity index (χ1n) is 15.5. The Hall–Kier alpha value is -5.21. The number of allylic oxidation sites excluding steroid dienone is 1. The van der Waals surface area contributed by atoms with E-state index in [9.17, 15) is 9.59 Å². The lowest BCUT2D eigenvalue weighted by Gasteiger charge is -2.30. The Morgan fingerprint density at radius 2 is 1.65 bits per heavy atom. The van der Waals surface area contributed by atoms with E-state index in [0.717, 1.165) is 44.1 Å². The summed E-state index contributed by atoms with van der Waals surface area (Å²) in [6.07, 6.45) is 1.97. The van der Waals surface area contributed by atoms with Crippen LogP contribution in [0.25, 0.3) is 39.0 Å². The number of aromatic amines is 1. The molecule has 46 heavy (non-hydrogen) atoms. The van der Waals surface area contributed by atoms with Gasteiger partial charge in [-0.3, -0.25) is 14.2 Å². The second-order valence-electron chi connectivity index (χ2n) is 11.3. The zero-order valence-corrected chi connectivity index (χ0v) is 27.0. The van der Waals surface area contributed by atoms with Crippen molar-refractivity contribution in [2.75, 3.05) is 20.2 Å². The number of aromatic nitrogens is 2. The summed E-state index contributed by atoms with van der Waals surface area (Å²) in [6.45, 7) is 6.88. The molecule has 6 aromatic rings. The van der Waals surface area contributed by atoms with Crippen LogP contribution in [0, 0.1) is 0 Å². The molecule has 1 amide bonds. The Morgan fingerprint density at radius 1 is 0.957 bits per heavy atom. The number of nitrogens with zero attached hydrogens (tertiary/aromatic N) is 3. The van der Waals surface area contributed by atoms with Crippen molar-refractivity contribution in [1.29, 1.82) is 0 Å². The summed E-state index contributed by atoms with van der Waals surface area (Å²) < 4.78 is 8.17. The molecular weight excluding hydrogens is 593 g/mol. The monoisotopic (exact) mass is 626 g/mol. The Balaban J connectivity index is 1.54. The highest BCUT2D eigenvalue weighted by Crippen LogP contribution is 2.40. The Morgan fingerprint density at radius 3 is 2.39 bits per heavy atom. The minimum Gasteiger partial charge on any atom is -0.496 e. The van der Waals surface area contributed by atoms with Gasteiger partial charge in [-0.05, 0) is 55.3 Å². The average Bonchev–Trinajstić information content (AvgIpc) is 3.61. The molecule has 7 rings (SSSR count). The summed E-state index contributed by atoms with van der Waals surface area (Å²) in [5.74, 6) is 0.476. The summed E-state index contributed by atoms with van der Waals surface area (Å²) in [5, 5.41) is 2.94. The predicted octanol–water partition coefficient (Wildman–Crippen LogP) is 6.41. The lowest BCUT2D eigenvalue weighted by atomic mass is 9.90. The van der Waals surface area contributed by atoms with Gasteiger partial charge in [-0.15, -0.1) is 0 Å². The fourth-order valence-electron chi connectivity index (χ4n) is 6.56. The van der Waals surface area contributed by atoms with E-state index in [2.05, 4.69) is 23.2 Å². The molecule has 0 saturated heterocycles. The number of hydrogen-bond acceptors (Lipinski definition) is 5. The van der Waals surface area contributed by atoms with Crippen molar-refractivity contribution in [3.8, 4) is 17.0 Å². The number of thiazole rings is 1. The first-order chi connectivity index (χ1) is 22.4. The van der Waals surface area contributed by atoms with Crippen LogP contribution in [0.1, 0.15) is 37.9 Å². The van der Waals surface area contributed by atoms with Gasteiger partial charge in [0.2, 0.25) is 0 Å². The first-order valence-corrected chi connectivity index (χ1v) is 16.3. The normalized spacial score (nSPS) is 14.9. The second-order valence-corrected chi connectivity index (χ2v) is 12.3. The van der Waals surface area contributed by atoms with Gasteiger partial charge in [0.15, 0.2) is 4.80 Å². The molecule has 0 unspecified atom stereocenters. The average molecular weight is 627 g/mol. The van der Waals surface area contributed by atoms with Gasteiger partial charge >= 0.3 is 0 Å². The number of carbonyl (C=O) groups is 1. The number of hydrogen-bond donors (Lipinski definition) is 1. The van der Waals surface area contributed by atoms with Crippen LogP contribution in [-0.4, -0.2) is 40.6 Å². The number of ether oxygens (including phenoxy) is 1. The molecule has 1 N–H and O–H groups in total. The van der Waals surface area contributed by atoms with Crippen LogP contribution in [0.15, 0.2) is 112 Å². The molecule has 230 valence electrons. The number of likely N-dealkylation sites (N-methyl/N-ethyl adjacent to an activating group) is 1. The molecule has 1 aliphatic heterocycles. The number of amides is 1. The van der Waals surface area contributed by atoms with Crippen LogP contribution < -0.4 is 19.6 Å².